The van der Waals surface area contributed by atoms with Crippen LogP contribution in [0.5, 0.6) is 0 Å². The fraction of sp³-hybridized carbons (Fsp3) is 0.640. The summed E-state index contributed by atoms with van der Waals surface area (Å²) in [6.45, 7) is 12.9. The fourth-order valence-electron chi connectivity index (χ4n) is 5.73. The van der Waals surface area contributed by atoms with Crippen LogP contribution in [0.4, 0.5) is 5.69 Å². The summed E-state index contributed by atoms with van der Waals surface area (Å²) in [5, 5.41) is 3.59. The van der Waals surface area contributed by atoms with E-state index in [1.807, 2.05) is 0 Å². The minimum absolute atomic E-state index is 0.0677. The third kappa shape index (κ3) is 3.39. The highest BCUT2D eigenvalue weighted by atomic mass is 16.2. The number of fused-ring (bicyclic) bond motifs is 2. The van der Waals surface area contributed by atoms with Gasteiger partial charge in [0.15, 0.2) is 0 Å². The van der Waals surface area contributed by atoms with Crippen LogP contribution in [0.2, 0.25) is 0 Å². The van der Waals surface area contributed by atoms with Crippen molar-refractivity contribution in [3.8, 4) is 0 Å². The van der Waals surface area contributed by atoms with Crippen LogP contribution >= 0.6 is 0 Å². The Hall–Kier alpha value is -1.81. The number of carbonyl (C=O) groups is 1. The molecule has 4 nitrogen and oxygen atoms in total. The molecule has 0 radical (unpaired) electrons. The third-order valence-electron chi connectivity index (χ3n) is 7.66. The molecule has 0 spiro atoms. The van der Waals surface area contributed by atoms with Gasteiger partial charge in [-0.15, -0.1) is 0 Å². The number of anilines is 1. The van der Waals surface area contributed by atoms with Crippen molar-refractivity contribution < 1.29 is 4.79 Å². The zero-order valence-electron chi connectivity index (χ0n) is 18.9. The first-order valence-electron chi connectivity index (χ1n) is 11.4. The number of amides is 1. The summed E-state index contributed by atoms with van der Waals surface area (Å²) in [7, 11) is 2.20. The lowest BCUT2D eigenvalue weighted by Crippen LogP contribution is -2.52. The smallest absolute Gasteiger partial charge is 0.231 e. The molecular weight excluding hydrogens is 358 g/mol. The number of rotatable bonds is 5. The summed E-state index contributed by atoms with van der Waals surface area (Å²) in [5.41, 5.74) is 5.50. The Kier molecular flexibility index (Phi) is 5.50. The molecule has 0 saturated carbocycles. The van der Waals surface area contributed by atoms with Crippen molar-refractivity contribution in [1.82, 2.24) is 9.80 Å². The van der Waals surface area contributed by atoms with E-state index < -0.39 is 0 Å². The number of carbonyl (C=O) groups excluding carboxylic acids is 1. The van der Waals surface area contributed by atoms with Crippen LogP contribution in [0.3, 0.4) is 0 Å². The van der Waals surface area contributed by atoms with Crippen LogP contribution < -0.4 is 5.32 Å². The molecule has 1 aromatic carbocycles. The number of benzene rings is 1. The lowest BCUT2D eigenvalue weighted by Gasteiger charge is -2.44. The molecule has 1 N–H and O–H groups in total. The molecule has 5 atom stereocenters. The van der Waals surface area contributed by atoms with Crippen molar-refractivity contribution in [1.29, 1.82) is 0 Å². The van der Waals surface area contributed by atoms with E-state index >= 15 is 0 Å². The molecule has 0 fully saturated rings. The number of likely N-dealkylation sites (N-methyl/N-ethyl adjacent to an activating group) is 1. The predicted molar refractivity (Wildman–Crippen MR) is 121 cm³/mol. The van der Waals surface area contributed by atoms with Gasteiger partial charge in [-0.25, -0.2) is 0 Å². The second-order valence-electron chi connectivity index (χ2n) is 9.73. The topological polar surface area (TPSA) is 35.6 Å². The van der Waals surface area contributed by atoms with Gasteiger partial charge in [-0.3, -0.25) is 9.69 Å². The van der Waals surface area contributed by atoms with Crippen LogP contribution in [-0.4, -0.2) is 54.0 Å². The summed E-state index contributed by atoms with van der Waals surface area (Å²) >= 11 is 0. The first-order chi connectivity index (χ1) is 13.8. The first-order valence-corrected chi connectivity index (χ1v) is 11.4. The van der Waals surface area contributed by atoms with Crippen molar-refractivity contribution in [2.75, 3.05) is 25.5 Å². The van der Waals surface area contributed by atoms with Gasteiger partial charge < -0.3 is 10.2 Å². The third-order valence-corrected chi connectivity index (χ3v) is 7.66. The Morgan fingerprint density at radius 2 is 2.03 bits per heavy atom. The van der Waals surface area contributed by atoms with Gasteiger partial charge in [0.05, 0.1) is 5.92 Å². The largest absolute Gasteiger partial charge is 0.384 e. The Labute approximate surface area is 176 Å². The molecule has 1 aromatic rings. The monoisotopic (exact) mass is 395 g/mol. The fourth-order valence-corrected chi connectivity index (χ4v) is 5.73. The maximum atomic E-state index is 13.7. The highest BCUT2D eigenvalue weighted by Crippen LogP contribution is 2.48. The first kappa shape index (κ1) is 20.5. The number of hydrogen-bond acceptors (Lipinski definition) is 3. The normalized spacial score (nSPS) is 27.6. The van der Waals surface area contributed by atoms with Crippen molar-refractivity contribution in [2.24, 2.45) is 11.8 Å². The van der Waals surface area contributed by atoms with Gasteiger partial charge in [-0.05, 0) is 62.9 Å². The van der Waals surface area contributed by atoms with Crippen LogP contribution in [0, 0.1) is 11.8 Å². The van der Waals surface area contributed by atoms with Crippen molar-refractivity contribution >= 4 is 17.2 Å². The Balaban J connectivity index is 1.70. The van der Waals surface area contributed by atoms with Crippen molar-refractivity contribution in [3.63, 3.8) is 0 Å². The second kappa shape index (κ2) is 7.79. The molecule has 2 aliphatic heterocycles. The molecule has 5 unspecified atom stereocenters. The average Bonchev–Trinajstić information content (AvgIpc) is 3.12. The zero-order valence-corrected chi connectivity index (χ0v) is 18.9. The average molecular weight is 396 g/mol. The number of hydrogen-bond donors (Lipinski definition) is 1. The minimum Gasteiger partial charge on any atom is -0.384 e. The highest BCUT2D eigenvalue weighted by molar-refractivity contribution is 5.88. The van der Waals surface area contributed by atoms with Crippen molar-refractivity contribution in [2.45, 2.75) is 71.5 Å². The van der Waals surface area contributed by atoms with E-state index in [0.717, 1.165) is 25.9 Å². The van der Waals surface area contributed by atoms with E-state index in [1.165, 1.54) is 22.4 Å². The van der Waals surface area contributed by atoms with E-state index in [1.54, 1.807) is 0 Å². The molecule has 1 amide bonds. The van der Waals surface area contributed by atoms with Gasteiger partial charge in [-0.1, -0.05) is 38.5 Å². The molecule has 4 rings (SSSR count). The van der Waals surface area contributed by atoms with E-state index in [2.05, 4.69) is 81.1 Å². The SMILES string of the molecule is CCC(C)C(C)N(C(=O)C1C=C2c3cccc4c3C(CN4)CC2N(C)C1)C(C)C. The maximum Gasteiger partial charge on any atom is 0.231 e. The van der Waals surface area contributed by atoms with Crippen molar-refractivity contribution in [3.05, 3.63) is 35.4 Å². The van der Waals surface area contributed by atoms with Gasteiger partial charge in [0, 0.05) is 42.8 Å². The summed E-state index contributed by atoms with van der Waals surface area (Å²) in [6, 6.07) is 7.52. The molecule has 29 heavy (non-hydrogen) atoms. The van der Waals surface area contributed by atoms with Crippen LogP contribution in [0.25, 0.3) is 5.57 Å². The molecule has 3 aliphatic rings. The summed E-state index contributed by atoms with van der Waals surface area (Å²) < 4.78 is 0. The molecule has 0 bridgehead atoms. The summed E-state index contributed by atoms with van der Waals surface area (Å²) in [4.78, 5) is 18.3. The summed E-state index contributed by atoms with van der Waals surface area (Å²) in [5.74, 6) is 1.32. The van der Waals surface area contributed by atoms with Gasteiger partial charge in [0.1, 0.15) is 0 Å². The number of nitrogens with one attached hydrogen (secondary N) is 1. The standard InChI is InChI=1S/C25H37N3O/c1-7-16(4)17(5)28(15(2)3)25(29)19-11-21-20-9-8-10-22-24(20)18(13-26-22)12-23(21)27(6)14-19/h8-11,15-19,23,26H,7,12-14H2,1-6H3. The van der Waals surface area contributed by atoms with Gasteiger partial charge in [-0.2, -0.15) is 0 Å². The molecular formula is C25H37N3O. The zero-order chi connectivity index (χ0) is 20.9. The van der Waals surface area contributed by atoms with Gasteiger partial charge in [0.2, 0.25) is 5.91 Å². The van der Waals surface area contributed by atoms with Crippen LogP contribution in [-0.2, 0) is 4.79 Å². The highest BCUT2D eigenvalue weighted by Gasteiger charge is 2.42. The Morgan fingerprint density at radius 3 is 2.72 bits per heavy atom. The second-order valence-corrected chi connectivity index (χ2v) is 9.73. The van der Waals surface area contributed by atoms with Crippen LogP contribution in [0.1, 0.15) is 64.5 Å². The predicted octanol–water partition coefficient (Wildman–Crippen LogP) is 4.58. The lowest BCUT2D eigenvalue weighted by atomic mass is 9.74. The van der Waals surface area contributed by atoms with Gasteiger partial charge >= 0.3 is 0 Å². The Bertz CT molecular complexity index is 814. The minimum atomic E-state index is -0.0677. The molecule has 0 saturated heterocycles. The van der Waals surface area contributed by atoms with E-state index in [9.17, 15) is 4.79 Å². The van der Waals surface area contributed by atoms with Crippen LogP contribution in [0.15, 0.2) is 24.3 Å². The molecule has 1 aliphatic carbocycles. The molecule has 0 aromatic heterocycles. The molecule has 2 heterocycles. The molecule has 4 heteroatoms. The van der Waals surface area contributed by atoms with E-state index in [4.69, 9.17) is 0 Å². The molecule has 158 valence electrons. The van der Waals surface area contributed by atoms with Gasteiger partial charge in [0.25, 0.3) is 0 Å². The summed E-state index contributed by atoms with van der Waals surface area (Å²) in [6.07, 6.45) is 4.56. The quantitative estimate of drug-likeness (QED) is 0.792. The van der Waals surface area contributed by atoms with E-state index in [-0.39, 0.29) is 18.0 Å². The maximum absolute atomic E-state index is 13.7. The number of nitrogens with zero attached hydrogens (tertiary/aromatic N) is 2. The van der Waals surface area contributed by atoms with E-state index in [0.29, 0.717) is 23.8 Å². The lowest BCUT2D eigenvalue weighted by molar-refractivity contribution is -0.140. The Morgan fingerprint density at radius 1 is 1.28 bits per heavy atom.